The number of hydrogen-bond acceptors (Lipinski definition) is 6. The maximum Gasteiger partial charge on any atom is 0.274 e. The van der Waals surface area contributed by atoms with E-state index in [2.05, 4.69) is 15.0 Å². The van der Waals surface area contributed by atoms with Crippen LogP contribution in [0.25, 0.3) is 10.6 Å². The van der Waals surface area contributed by atoms with Crippen LogP contribution in [0.2, 0.25) is 5.02 Å². The fraction of sp³-hybridized carbons (Fsp3) is 0.211. The fourth-order valence-electron chi connectivity index (χ4n) is 2.97. The van der Waals surface area contributed by atoms with Crippen molar-refractivity contribution < 1.29 is 9.59 Å². The predicted molar refractivity (Wildman–Crippen MR) is 106 cm³/mol. The zero-order valence-electron chi connectivity index (χ0n) is 14.8. The number of amides is 2. The molecule has 1 aliphatic heterocycles. The van der Waals surface area contributed by atoms with Gasteiger partial charge in [0.15, 0.2) is 0 Å². The number of benzene rings is 1. The van der Waals surface area contributed by atoms with Gasteiger partial charge in [0.25, 0.3) is 11.8 Å². The second kappa shape index (κ2) is 8.04. The van der Waals surface area contributed by atoms with Gasteiger partial charge < -0.3 is 9.80 Å². The largest absolute Gasteiger partial charge is 0.334 e. The molecule has 28 heavy (non-hydrogen) atoms. The lowest BCUT2D eigenvalue weighted by atomic mass is 10.2. The van der Waals surface area contributed by atoms with Gasteiger partial charge in [-0.25, -0.2) is 9.97 Å². The number of nitrogens with zero attached hydrogens (tertiary/aromatic N) is 5. The van der Waals surface area contributed by atoms with Crippen molar-refractivity contribution in [1.82, 2.24) is 24.8 Å². The van der Waals surface area contributed by atoms with Crippen LogP contribution in [0.4, 0.5) is 0 Å². The number of halogens is 1. The first-order chi connectivity index (χ1) is 13.6. The number of rotatable bonds is 3. The lowest BCUT2D eigenvalue weighted by Gasteiger charge is -2.34. The number of thiazole rings is 1. The smallest absolute Gasteiger partial charge is 0.274 e. The van der Waals surface area contributed by atoms with Gasteiger partial charge in [0.05, 0.1) is 6.20 Å². The minimum Gasteiger partial charge on any atom is -0.334 e. The molecule has 1 aromatic carbocycles. The first-order valence-corrected chi connectivity index (χ1v) is 9.93. The highest BCUT2D eigenvalue weighted by molar-refractivity contribution is 7.13. The molecule has 7 nitrogen and oxygen atoms in total. The zero-order valence-corrected chi connectivity index (χ0v) is 16.4. The molecule has 4 rings (SSSR count). The summed E-state index contributed by atoms with van der Waals surface area (Å²) in [7, 11) is 0. The SMILES string of the molecule is O=C(c1cnccn1)N1CCN(C(=O)c2csc(-c3cccc(Cl)c3)n2)CC1. The number of piperazine rings is 1. The summed E-state index contributed by atoms with van der Waals surface area (Å²) in [6.45, 7) is 1.81. The average Bonchev–Trinajstić information content (AvgIpc) is 3.24. The van der Waals surface area contributed by atoms with E-state index in [1.165, 1.54) is 29.9 Å². The molecule has 0 unspecified atom stereocenters. The van der Waals surface area contributed by atoms with Gasteiger partial charge in [0.2, 0.25) is 0 Å². The van der Waals surface area contributed by atoms with E-state index in [4.69, 9.17) is 11.6 Å². The molecule has 3 aromatic rings. The first kappa shape index (κ1) is 18.5. The summed E-state index contributed by atoms with van der Waals surface area (Å²) in [5.74, 6) is -0.298. The third-order valence-corrected chi connectivity index (χ3v) is 5.56. The van der Waals surface area contributed by atoms with Crippen molar-refractivity contribution in [3.63, 3.8) is 0 Å². The van der Waals surface area contributed by atoms with Gasteiger partial charge in [-0.3, -0.25) is 14.6 Å². The lowest BCUT2D eigenvalue weighted by molar-refractivity contribution is 0.0529. The van der Waals surface area contributed by atoms with Crippen molar-refractivity contribution in [3.05, 3.63) is 64.6 Å². The van der Waals surface area contributed by atoms with Crippen LogP contribution in [0.5, 0.6) is 0 Å². The molecule has 2 amide bonds. The van der Waals surface area contributed by atoms with Crippen LogP contribution in [0, 0.1) is 0 Å². The molecule has 1 saturated heterocycles. The van der Waals surface area contributed by atoms with Crippen molar-refractivity contribution in [3.8, 4) is 10.6 Å². The topological polar surface area (TPSA) is 79.3 Å². The Hall–Kier alpha value is -2.84. The summed E-state index contributed by atoms with van der Waals surface area (Å²) in [6.07, 6.45) is 4.47. The number of carbonyl (C=O) groups is 2. The molecule has 0 radical (unpaired) electrons. The molecule has 3 heterocycles. The van der Waals surface area contributed by atoms with Crippen molar-refractivity contribution in [2.45, 2.75) is 0 Å². The Morgan fingerprint density at radius 3 is 2.36 bits per heavy atom. The fourth-order valence-corrected chi connectivity index (χ4v) is 3.95. The standard InChI is InChI=1S/C19H16ClN5O2S/c20-14-3-1-2-13(10-14)17-23-16(12-28-17)19(27)25-8-6-24(7-9-25)18(26)15-11-21-4-5-22-15/h1-5,10-12H,6-9H2. The summed E-state index contributed by atoms with van der Waals surface area (Å²) in [5, 5.41) is 3.14. The van der Waals surface area contributed by atoms with E-state index in [-0.39, 0.29) is 11.8 Å². The van der Waals surface area contributed by atoms with Crippen molar-refractivity contribution in [2.24, 2.45) is 0 Å². The van der Waals surface area contributed by atoms with E-state index >= 15 is 0 Å². The molecule has 0 bridgehead atoms. The summed E-state index contributed by atoms with van der Waals surface area (Å²) in [4.78, 5) is 41.1. The van der Waals surface area contributed by atoms with Gasteiger partial charge in [0, 0.05) is 54.5 Å². The maximum absolute atomic E-state index is 12.8. The molecule has 9 heteroatoms. The summed E-state index contributed by atoms with van der Waals surface area (Å²) < 4.78 is 0. The van der Waals surface area contributed by atoms with Crippen molar-refractivity contribution in [2.75, 3.05) is 26.2 Å². The molecular formula is C19H16ClN5O2S. The second-order valence-corrected chi connectivity index (χ2v) is 7.52. The second-order valence-electron chi connectivity index (χ2n) is 6.22. The normalized spacial score (nSPS) is 14.2. The third kappa shape index (κ3) is 3.88. The van der Waals surface area contributed by atoms with Crippen molar-refractivity contribution in [1.29, 1.82) is 0 Å². The van der Waals surface area contributed by atoms with E-state index in [9.17, 15) is 9.59 Å². The number of hydrogen-bond donors (Lipinski definition) is 0. The minimum atomic E-state index is -0.169. The van der Waals surface area contributed by atoms with Crippen LogP contribution in [0.3, 0.4) is 0 Å². The predicted octanol–water partition coefficient (Wildman–Crippen LogP) is 2.85. The Bertz CT molecular complexity index is 1000. The molecule has 0 saturated carbocycles. The number of aromatic nitrogens is 3. The van der Waals surface area contributed by atoms with Gasteiger partial charge in [-0.2, -0.15) is 0 Å². The van der Waals surface area contributed by atoms with Crippen molar-refractivity contribution >= 4 is 34.8 Å². The summed E-state index contributed by atoms with van der Waals surface area (Å²) >= 11 is 7.44. The van der Waals surface area contributed by atoms with Crippen LogP contribution < -0.4 is 0 Å². The Morgan fingerprint density at radius 1 is 1.00 bits per heavy atom. The monoisotopic (exact) mass is 413 g/mol. The lowest BCUT2D eigenvalue weighted by Crippen LogP contribution is -2.50. The number of carbonyl (C=O) groups excluding carboxylic acids is 2. The highest BCUT2D eigenvalue weighted by Crippen LogP contribution is 2.26. The zero-order chi connectivity index (χ0) is 19.5. The third-order valence-electron chi connectivity index (χ3n) is 4.43. The van der Waals surface area contributed by atoms with Gasteiger partial charge in [0.1, 0.15) is 16.4 Å². The summed E-state index contributed by atoms with van der Waals surface area (Å²) in [6, 6.07) is 7.39. The molecule has 0 N–H and O–H groups in total. The van der Waals surface area contributed by atoms with E-state index in [1.807, 2.05) is 18.2 Å². The van der Waals surface area contributed by atoms with E-state index < -0.39 is 0 Å². The van der Waals surface area contributed by atoms with Crippen LogP contribution in [-0.2, 0) is 0 Å². The molecule has 1 aliphatic rings. The molecule has 142 valence electrons. The molecule has 0 aliphatic carbocycles. The Kier molecular flexibility index (Phi) is 5.31. The van der Waals surface area contributed by atoms with Crippen LogP contribution >= 0.6 is 22.9 Å². The molecule has 2 aromatic heterocycles. The van der Waals surface area contributed by atoms with Gasteiger partial charge >= 0.3 is 0 Å². The highest BCUT2D eigenvalue weighted by atomic mass is 35.5. The molecule has 0 atom stereocenters. The summed E-state index contributed by atoms with van der Waals surface area (Å²) in [5.41, 5.74) is 1.61. The maximum atomic E-state index is 12.8. The van der Waals surface area contributed by atoms with Gasteiger partial charge in [-0.15, -0.1) is 11.3 Å². The molecule has 0 spiro atoms. The van der Waals surface area contributed by atoms with E-state index in [0.717, 1.165) is 10.6 Å². The quantitative estimate of drug-likeness (QED) is 0.659. The van der Waals surface area contributed by atoms with Gasteiger partial charge in [-0.1, -0.05) is 23.7 Å². The molecular weight excluding hydrogens is 398 g/mol. The van der Waals surface area contributed by atoms with Crippen LogP contribution in [-0.4, -0.2) is 62.7 Å². The Labute approximate surface area is 170 Å². The molecule has 1 fully saturated rings. The first-order valence-electron chi connectivity index (χ1n) is 8.68. The Morgan fingerprint density at radius 2 is 1.71 bits per heavy atom. The van der Waals surface area contributed by atoms with E-state index in [1.54, 1.807) is 21.2 Å². The average molecular weight is 414 g/mol. The minimum absolute atomic E-state index is 0.129. The van der Waals surface area contributed by atoms with Crippen LogP contribution in [0.1, 0.15) is 21.0 Å². The Balaban J connectivity index is 1.40. The van der Waals surface area contributed by atoms with Crippen LogP contribution in [0.15, 0.2) is 48.2 Å². The van der Waals surface area contributed by atoms with Gasteiger partial charge in [-0.05, 0) is 12.1 Å². The van der Waals surface area contributed by atoms with E-state index in [0.29, 0.717) is 42.6 Å². The highest BCUT2D eigenvalue weighted by Gasteiger charge is 2.27.